The summed E-state index contributed by atoms with van der Waals surface area (Å²) in [6.45, 7) is 2.08. The lowest BCUT2D eigenvalue weighted by molar-refractivity contribution is 0.0984. The molecule has 1 heterocycles. The Morgan fingerprint density at radius 1 is 1.47 bits per heavy atom. The molecule has 82 valence electrons. The third kappa shape index (κ3) is 1.81. The van der Waals surface area contributed by atoms with E-state index in [1.165, 1.54) is 38.6 Å². The van der Waals surface area contributed by atoms with Gasteiger partial charge in [-0.3, -0.25) is 0 Å². The van der Waals surface area contributed by atoms with Crippen LogP contribution in [0.3, 0.4) is 0 Å². The fraction of sp³-hybridized carbons (Fsp3) is 0.750. The lowest BCUT2D eigenvalue weighted by Crippen LogP contribution is -2.41. The van der Waals surface area contributed by atoms with E-state index in [1.54, 1.807) is 0 Å². The van der Waals surface area contributed by atoms with Crippen LogP contribution in [0.25, 0.3) is 0 Å². The molecule has 0 saturated heterocycles. The summed E-state index contributed by atoms with van der Waals surface area (Å²) in [5.41, 5.74) is 0.673. The Bertz CT molecular complexity index is 310. The predicted molar refractivity (Wildman–Crippen MR) is 59.3 cm³/mol. The summed E-state index contributed by atoms with van der Waals surface area (Å²) in [5.74, 6) is 2.09. The minimum Gasteiger partial charge on any atom is -0.348 e. The van der Waals surface area contributed by atoms with Gasteiger partial charge >= 0.3 is 0 Å². The van der Waals surface area contributed by atoms with Crippen molar-refractivity contribution in [3.8, 4) is 0 Å². The second-order valence-electron chi connectivity index (χ2n) is 5.13. The minimum atomic E-state index is 0.673. The monoisotopic (exact) mass is 205 g/mol. The van der Waals surface area contributed by atoms with Crippen LogP contribution in [0.2, 0.25) is 0 Å². The highest BCUT2D eigenvalue weighted by Crippen LogP contribution is 2.56. The molecule has 3 nitrogen and oxygen atoms in total. The van der Waals surface area contributed by atoms with Gasteiger partial charge in [-0.2, -0.15) is 0 Å². The first-order chi connectivity index (χ1) is 7.39. The molecule has 0 unspecified atom stereocenters. The Hall–Kier alpha value is -0.830. The van der Waals surface area contributed by atoms with E-state index < -0.39 is 0 Å². The summed E-state index contributed by atoms with van der Waals surface area (Å²) in [7, 11) is 0. The molecule has 3 heteroatoms. The van der Waals surface area contributed by atoms with Crippen molar-refractivity contribution in [3.63, 3.8) is 0 Å². The number of nitrogens with one attached hydrogen (secondary N) is 2. The fourth-order valence-corrected chi connectivity index (χ4v) is 2.88. The van der Waals surface area contributed by atoms with Crippen LogP contribution >= 0.6 is 0 Å². The molecule has 0 bridgehead atoms. The standard InChI is InChI=1S/C12H19N3/c1-4-12(5-1,10-2-3-10)9-13-8-11-14-6-7-15-11/h6-7,10,13H,1-5,8-9H2,(H,14,15). The Balaban J connectivity index is 1.48. The summed E-state index contributed by atoms with van der Waals surface area (Å²) in [6, 6.07) is 0. The molecule has 0 aromatic carbocycles. The highest BCUT2D eigenvalue weighted by Gasteiger charge is 2.48. The Labute approximate surface area is 90.7 Å². The Morgan fingerprint density at radius 3 is 2.87 bits per heavy atom. The van der Waals surface area contributed by atoms with Gasteiger partial charge in [-0.1, -0.05) is 6.42 Å². The molecule has 15 heavy (non-hydrogen) atoms. The number of nitrogens with zero attached hydrogens (tertiary/aromatic N) is 1. The first-order valence-electron chi connectivity index (χ1n) is 6.08. The van der Waals surface area contributed by atoms with Crippen molar-refractivity contribution >= 4 is 0 Å². The molecule has 0 spiro atoms. The second kappa shape index (κ2) is 3.63. The third-order valence-electron chi connectivity index (χ3n) is 4.12. The molecule has 0 atom stereocenters. The number of aromatic amines is 1. The molecule has 0 aliphatic heterocycles. The van der Waals surface area contributed by atoms with Crippen LogP contribution in [0.1, 0.15) is 37.9 Å². The molecular weight excluding hydrogens is 186 g/mol. The maximum atomic E-state index is 4.22. The Kier molecular flexibility index (Phi) is 2.28. The molecule has 0 amide bonds. The number of hydrogen-bond acceptors (Lipinski definition) is 2. The van der Waals surface area contributed by atoms with Crippen LogP contribution < -0.4 is 5.32 Å². The van der Waals surface area contributed by atoms with Crippen molar-refractivity contribution in [1.82, 2.24) is 15.3 Å². The molecule has 2 aliphatic rings. The molecule has 0 radical (unpaired) electrons. The number of imidazole rings is 1. The molecule has 1 aromatic heterocycles. The lowest BCUT2D eigenvalue weighted by atomic mass is 9.65. The van der Waals surface area contributed by atoms with Crippen molar-refractivity contribution in [2.45, 2.75) is 38.6 Å². The predicted octanol–water partition coefficient (Wildman–Crippen LogP) is 2.08. The normalized spacial score (nSPS) is 23.7. The van der Waals surface area contributed by atoms with Crippen LogP contribution in [0, 0.1) is 11.3 Å². The molecule has 2 fully saturated rings. The highest BCUT2D eigenvalue weighted by molar-refractivity contribution is 5.01. The van der Waals surface area contributed by atoms with Gasteiger partial charge in [0.05, 0.1) is 6.54 Å². The maximum absolute atomic E-state index is 4.22. The quantitative estimate of drug-likeness (QED) is 0.772. The lowest BCUT2D eigenvalue weighted by Gasteiger charge is -2.42. The van der Waals surface area contributed by atoms with Crippen LogP contribution in [0.5, 0.6) is 0 Å². The zero-order valence-corrected chi connectivity index (χ0v) is 9.13. The number of aromatic nitrogens is 2. The summed E-state index contributed by atoms with van der Waals surface area (Å²) in [4.78, 5) is 7.35. The van der Waals surface area contributed by atoms with E-state index in [4.69, 9.17) is 0 Å². The molecular formula is C12H19N3. The molecule has 2 N–H and O–H groups in total. The molecule has 2 saturated carbocycles. The van der Waals surface area contributed by atoms with Crippen molar-refractivity contribution in [1.29, 1.82) is 0 Å². The van der Waals surface area contributed by atoms with Crippen molar-refractivity contribution in [2.24, 2.45) is 11.3 Å². The molecule has 1 aromatic rings. The first kappa shape index (κ1) is 9.40. The summed E-state index contributed by atoms with van der Waals surface area (Å²) in [5, 5.41) is 3.56. The van der Waals surface area contributed by atoms with Crippen molar-refractivity contribution in [3.05, 3.63) is 18.2 Å². The smallest absolute Gasteiger partial charge is 0.120 e. The van der Waals surface area contributed by atoms with Crippen LogP contribution in [0.4, 0.5) is 0 Å². The van der Waals surface area contributed by atoms with Gasteiger partial charge in [-0.05, 0) is 37.0 Å². The van der Waals surface area contributed by atoms with Crippen molar-refractivity contribution in [2.75, 3.05) is 6.54 Å². The minimum absolute atomic E-state index is 0.673. The van der Waals surface area contributed by atoms with E-state index >= 15 is 0 Å². The van der Waals surface area contributed by atoms with Crippen molar-refractivity contribution < 1.29 is 0 Å². The van der Waals surface area contributed by atoms with Gasteiger partial charge in [0.15, 0.2) is 0 Å². The third-order valence-corrected chi connectivity index (χ3v) is 4.12. The van der Waals surface area contributed by atoms with E-state index in [0.717, 1.165) is 18.3 Å². The summed E-state index contributed by atoms with van der Waals surface area (Å²) >= 11 is 0. The first-order valence-corrected chi connectivity index (χ1v) is 6.08. The fourth-order valence-electron chi connectivity index (χ4n) is 2.88. The van der Waals surface area contributed by atoms with E-state index in [9.17, 15) is 0 Å². The Morgan fingerprint density at radius 2 is 2.33 bits per heavy atom. The summed E-state index contributed by atoms with van der Waals surface area (Å²) in [6.07, 6.45) is 11.0. The number of hydrogen-bond donors (Lipinski definition) is 2. The topological polar surface area (TPSA) is 40.7 Å². The van der Waals surface area contributed by atoms with Crippen LogP contribution in [0.15, 0.2) is 12.4 Å². The zero-order chi connectivity index (χ0) is 10.1. The average molecular weight is 205 g/mol. The van der Waals surface area contributed by atoms with E-state index in [2.05, 4.69) is 15.3 Å². The van der Waals surface area contributed by atoms with Gasteiger partial charge in [0.25, 0.3) is 0 Å². The zero-order valence-electron chi connectivity index (χ0n) is 9.13. The summed E-state index contributed by atoms with van der Waals surface area (Å²) < 4.78 is 0. The van der Waals surface area contributed by atoms with Gasteiger partial charge in [0.1, 0.15) is 5.82 Å². The number of H-pyrrole nitrogens is 1. The van der Waals surface area contributed by atoms with Crippen LogP contribution in [-0.2, 0) is 6.54 Å². The SMILES string of the molecule is c1c[nH]c(CNCC2(C3CC3)CCC2)n1. The van der Waals surface area contributed by atoms with E-state index in [1.807, 2.05) is 12.4 Å². The van der Waals surface area contributed by atoms with Gasteiger partial charge in [-0.25, -0.2) is 4.98 Å². The van der Waals surface area contributed by atoms with Gasteiger partial charge in [0, 0.05) is 18.9 Å². The average Bonchev–Trinajstić information content (AvgIpc) is 2.89. The second-order valence-corrected chi connectivity index (χ2v) is 5.13. The van der Waals surface area contributed by atoms with Gasteiger partial charge < -0.3 is 10.3 Å². The van der Waals surface area contributed by atoms with Gasteiger partial charge in [0.2, 0.25) is 0 Å². The van der Waals surface area contributed by atoms with Gasteiger partial charge in [-0.15, -0.1) is 0 Å². The largest absolute Gasteiger partial charge is 0.348 e. The molecule has 2 aliphatic carbocycles. The number of rotatable bonds is 5. The highest BCUT2D eigenvalue weighted by atomic mass is 15.0. The van der Waals surface area contributed by atoms with E-state index in [0.29, 0.717) is 5.41 Å². The maximum Gasteiger partial charge on any atom is 0.120 e. The van der Waals surface area contributed by atoms with E-state index in [-0.39, 0.29) is 0 Å². The van der Waals surface area contributed by atoms with Crippen LogP contribution in [-0.4, -0.2) is 16.5 Å². The molecule has 3 rings (SSSR count).